The predicted molar refractivity (Wildman–Crippen MR) is 88.0 cm³/mol. The van der Waals surface area contributed by atoms with Crippen molar-refractivity contribution in [2.24, 2.45) is 7.05 Å². The quantitative estimate of drug-likeness (QED) is 0.688. The fourth-order valence-electron chi connectivity index (χ4n) is 2.12. The van der Waals surface area contributed by atoms with Gasteiger partial charge in [0.1, 0.15) is 0 Å². The first-order valence-electron chi connectivity index (χ1n) is 6.48. The van der Waals surface area contributed by atoms with Gasteiger partial charge in [0, 0.05) is 23.1 Å². The summed E-state index contributed by atoms with van der Waals surface area (Å²) < 4.78 is 1.27. The molecular formula is C16H13ClN2OS. The molecule has 0 saturated heterocycles. The maximum absolute atomic E-state index is 12.1. The van der Waals surface area contributed by atoms with Gasteiger partial charge in [-0.3, -0.25) is 4.79 Å². The van der Waals surface area contributed by atoms with Gasteiger partial charge >= 0.3 is 0 Å². The number of aryl methyl sites for hydroxylation is 1. The number of aromatic nitrogens is 2. The zero-order valence-corrected chi connectivity index (χ0v) is 13.0. The Labute approximate surface area is 131 Å². The lowest BCUT2D eigenvalue weighted by Crippen LogP contribution is -2.19. The summed E-state index contributed by atoms with van der Waals surface area (Å²) >= 11 is 7.78. The Kier molecular flexibility index (Phi) is 3.99. The third-order valence-electron chi connectivity index (χ3n) is 3.22. The van der Waals surface area contributed by atoms with Gasteiger partial charge in [0.25, 0.3) is 5.56 Å². The molecule has 3 rings (SSSR count). The lowest BCUT2D eigenvalue weighted by atomic mass is 10.2. The molecule has 0 unspecified atom stereocenters. The van der Waals surface area contributed by atoms with Crippen LogP contribution >= 0.6 is 23.4 Å². The van der Waals surface area contributed by atoms with Crippen LogP contribution in [0, 0.1) is 0 Å². The third-order valence-corrected chi connectivity index (χ3v) is 4.57. The van der Waals surface area contributed by atoms with Crippen LogP contribution < -0.4 is 5.56 Å². The number of rotatable bonds is 3. The summed E-state index contributed by atoms with van der Waals surface area (Å²) in [4.78, 5) is 13.2. The Hall–Kier alpha value is -1.78. The molecule has 2 aromatic carbocycles. The number of fused-ring (bicyclic) bond motifs is 1. The fraction of sp³-hybridized carbons (Fsp3) is 0.125. The Bertz CT molecular complexity index is 846. The van der Waals surface area contributed by atoms with Gasteiger partial charge in [-0.05, 0) is 23.8 Å². The van der Waals surface area contributed by atoms with E-state index in [0.717, 1.165) is 10.6 Å². The molecule has 0 fully saturated rings. The number of hydrogen-bond donors (Lipinski definition) is 0. The van der Waals surface area contributed by atoms with Crippen LogP contribution in [0.5, 0.6) is 0 Å². The van der Waals surface area contributed by atoms with Crippen molar-refractivity contribution >= 4 is 34.1 Å². The molecule has 106 valence electrons. The van der Waals surface area contributed by atoms with Crippen LogP contribution in [0.4, 0.5) is 0 Å². The van der Waals surface area contributed by atoms with Crippen molar-refractivity contribution in [3.63, 3.8) is 0 Å². The van der Waals surface area contributed by atoms with E-state index in [-0.39, 0.29) is 5.56 Å². The molecule has 1 aromatic heterocycles. The average molecular weight is 317 g/mol. The average Bonchev–Trinajstić information content (AvgIpc) is 2.51. The van der Waals surface area contributed by atoms with Crippen LogP contribution in [0.1, 0.15) is 5.56 Å². The van der Waals surface area contributed by atoms with Crippen LogP contribution in [0.2, 0.25) is 5.15 Å². The molecule has 0 aliphatic carbocycles. The molecular weight excluding hydrogens is 304 g/mol. The first-order chi connectivity index (χ1) is 10.1. The van der Waals surface area contributed by atoms with E-state index in [2.05, 4.69) is 17.2 Å². The smallest absolute Gasteiger partial charge is 0.267 e. The molecule has 0 radical (unpaired) electrons. The van der Waals surface area contributed by atoms with Gasteiger partial charge in [0.2, 0.25) is 0 Å². The molecule has 0 saturated carbocycles. The molecule has 0 spiro atoms. The number of hydrogen-bond acceptors (Lipinski definition) is 3. The van der Waals surface area contributed by atoms with E-state index in [1.807, 2.05) is 36.4 Å². The maximum Gasteiger partial charge on any atom is 0.274 e. The second-order valence-corrected chi connectivity index (χ2v) is 6.11. The minimum absolute atomic E-state index is 0.128. The molecule has 0 atom stereocenters. The zero-order chi connectivity index (χ0) is 14.8. The molecule has 3 aromatic rings. The van der Waals surface area contributed by atoms with Crippen LogP contribution in [0.15, 0.2) is 58.2 Å². The van der Waals surface area contributed by atoms with E-state index in [1.165, 1.54) is 10.2 Å². The number of halogens is 1. The van der Waals surface area contributed by atoms with Crippen LogP contribution in [0.3, 0.4) is 0 Å². The monoisotopic (exact) mass is 316 g/mol. The first kappa shape index (κ1) is 14.2. The minimum atomic E-state index is -0.128. The summed E-state index contributed by atoms with van der Waals surface area (Å²) in [6.07, 6.45) is 0. The summed E-state index contributed by atoms with van der Waals surface area (Å²) in [5.74, 6) is 0.867. The molecule has 1 heterocycles. The molecule has 0 N–H and O–H groups in total. The van der Waals surface area contributed by atoms with E-state index >= 15 is 0 Å². The standard InChI is InChI=1S/C16H13ClN2OS/c1-19-16(20)14-9-12(7-8-13(14)15(17)18-19)21-10-11-5-3-2-4-6-11/h2-9H,10H2,1H3. The molecule has 0 bridgehead atoms. The number of thioether (sulfide) groups is 1. The van der Waals surface area contributed by atoms with Crippen molar-refractivity contribution in [3.05, 3.63) is 69.6 Å². The van der Waals surface area contributed by atoms with Crippen molar-refractivity contribution in [1.29, 1.82) is 0 Å². The Morgan fingerprint density at radius 2 is 1.90 bits per heavy atom. The number of benzene rings is 2. The molecule has 0 aliphatic heterocycles. The topological polar surface area (TPSA) is 34.9 Å². The normalized spacial score (nSPS) is 11.0. The Morgan fingerprint density at radius 1 is 1.14 bits per heavy atom. The summed E-state index contributed by atoms with van der Waals surface area (Å²) in [7, 11) is 1.61. The summed E-state index contributed by atoms with van der Waals surface area (Å²) in [6, 6.07) is 16.0. The predicted octanol–water partition coefficient (Wildman–Crippen LogP) is 3.88. The maximum atomic E-state index is 12.1. The largest absolute Gasteiger partial charge is 0.274 e. The van der Waals surface area contributed by atoms with E-state index in [9.17, 15) is 4.79 Å². The SMILES string of the molecule is Cn1nc(Cl)c2ccc(SCc3ccccc3)cc2c1=O. The molecule has 3 nitrogen and oxygen atoms in total. The summed E-state index contributed by atoms with van der Waals surface area (Å²) in [5.41, 5.74) is 1.12. The minimum Gasteiger partial charge on any atom is -0.267 e. The first-order valence-corrected chi connectivity index (χ1v) is 7.85. The van der Waals surface area contributed by atoms with E-state index in [4.69, 9.17) is 11.6 Å². The van der Waals surface area contributed by atoms with Gasteiger partial charge in [0.15, 0.2) is 5.15 Å². The third kappa shape index (κ3) is 2.96. The second-order valence-electron chi connectivity index (χ2n) is 4.70. The van der Waals surface area contributed by atoms with Crippen molar-refractivity contribution in [2.45, 2.75) is 10.6 Å². The van der Waals surface area contributed by atoms with Crippen molar-refractivity contribution in [1.82, 2.24) is 9.78 Å². The molecule has 0 aliphatic rings. The molecule has 0 amide bonds. The van der Waals surface area contributed by atoms with Crippen LogP contribution in [-0.4, -0.2) is 9.78 Å². The van der Waals surface area contributed by atoms with Gasteiger partial charge in [-0.2, -0.15) is 5.10 Å². The van der Waals surface area contributed by atoms with E-state index < -0.39 is 0 Å². The van der Waals surface area contributed by atoms with Crippen molar-refractivity contribution in [3.8, 4) is 0 Å². The van der Waals surface area contributed by atoms with Gasteiger partial charge in [-0.15, -0.1) is 11.8 Å². The highest BCUT2D eigenvalue weighted by atomic mass is 35.5. The van der Waals surface area contributed by atoms with Crippen LogP contribution in [0.25, 0.3) is 10.8 Å². The summed E-state index contributed by atoms with van der Waals surface area (Å²) in [6.45, 7) is 0. The highest BCUT2D eigenvalue weighted by Gasteiger charge is 2.08. The van der Waals surface area contributed by atoms with Crippen molar-refractivity contribution in [2.75, 3.05) is 0 Å². The Balaban J connectivity index is 1.94. The van der Waals surface area contributed by atoms with Gasteiger partial charge in [-0.25, -0.2) is 4.68 Å². The van der Waals surface area contributed by atoms with Crippen LogP contribution in [-0.2, 0) is 12.8 Å². The highest BCUT2D eigenvalue weighted by molar-refractivity contribution is 7.98. The van der Waals surface area contributed by atoms with Gasteiger partial charge < -0.3 is 0 Å². The molecule has 5 heteroatoms. The summed E-state index contributed by atoms with van der Waals surface area (Å²) in [5, 5.41) is 5.65. The van der Waals surface area contributed by atoms with Gasteiger partial charge in [-0.1, -0.05) is 41.9 Å². The fourth-order valence-corrected chi connectivity index (χ4v) is 3.29. The second kappa shape index (κ2) is 5.92. The van der Waals surface area contributed by atoms with Gasteiger partial charge in [0.05, 0.1) is 5.39 Å². The lowest BCUT2D eigenvalue weighted by Gasteiger charge is -2.06. The van der Waals surface area contributed by atoms with E-state index in [1.54, 1.807) is 18.8 Å². The molecule has 21 heavy (non-hydrogen) atoms. The van der Waals surface area contributed by atoms with Crippen molar-refractivity contribution < 1.29 is 0 Å². The van der Waals surface area contributed by atoms with E-state index in [0.29, 0.717) is 15.9 Å². The zero-order valence-electron chi connectivity index (χ0n) is 11.4. The highest BCUT2D eigenvalue weighted by Crippen LogP contribution is 2.27. The number of nitrogens with zero attached hydrogens (tertiary/aromatic N) is 2. The lowest BCUT2D eigenvalue weighted by molar-refractivity contribution is 0.718. The Morgan fingerprint density at radius 3 is 2.67 bits per heavy atom.